The minimum Gasteiger partial charge on any atom is -0.480 e. The highest BCUT2D eigenvalue weighted by Gasteiger charge is 2.28. The molecular weight excluding hydrogens is 206 g/mol. The van der Waals surface area contributed by atoms with Gasteiger partial charge in [0, 0.05) is 6.54 Å². The van der Waals surface area contributed by atoms with Crippen LogP contribution in [0.5, 0.6) is 0 Å². The number of likely N-dealkylation sites (N-methyl/N-ethyl adjacent to an activating group) is 1. The average Bonchev–Trinajstić information content (AvgIpc) is 2.19. The molecule has 1 N–H and O–H groups in total. The van der Waals surface area contributed by atoms with E-state index in [-0.39, 0.29) is 18.1 Å². The van der Waals surface area contributed by atoms with Crippen molar-refractivity contribution in [1.82, 2.24) is 4.90 Å². The molecule has 0 aromatic heterocycles. The molecule has 1 aliphatic rings. The third-order valence-electron chi connectivity index (χ3n) is 3.12. The van der Waals surface area contributed by atoms with Crippen molar-refractivity contribution in [3.05, 3.63) is 0 Å². The van der Waals surface area contributed by atoms with E-state index in [1.165, 1.54) is 0 Å². The van der Waals surface area contributed by atoms with Crippen LogP contribution in [0.3, 0.4) is 0 Å². The highest BCUT2D eigenvalue weighted by Crippen LogP contribution is 2.29. The van der Waals surface area contributed by atoms with E-state index in [4.69, 9.17) is 9.84 Å². The summed E-state index contributed by atoms with van der Waals surface area (Å²) in [5.41, 5.74) is 0.278. The summed E-state index contributed by atoms with van der Waals surface area (Å²) in [6.07, 6.45) is 2.39. The fourth-order valence-electron chi connectivity index (χ4n) is 1.98. The molecule has 4 heteroatoms. The lowest BCUT2D eigenvalue weighted by Gasteiger charge is -2.36. The Balaban J connectivity index is 2.34. The number of nitrogens with zero attached hydrogens (tertiary/aromatic N) is 1. The van der Waals surface area contributed by atoms with Gasteiger partial charge < -0.3 is 9.84 Å². The Morgan fingerprint density at radius 1 is 1.56 bits per heavy atom. The number of carboxylic acid groups (broad SMARTS) is 1. The molecule has 0 aliphatic carbocycles. The first-order valence-electron chi connectivity index (χ1n) is 5.99. The summed E-state index contributed by atoms with van der Waals surface area (Å²) < 4.78 is 5.77. The Morgan fingerprint density at radius 3 is 2.69 bits per heavy atom. The van der Waals surface area contributed by atoms with Gasteiger partial charge in [-0.3, -0.25) is 9.69 Å². The van der Waals surface area contributed by atoms with Crippen LogP contribution in [-0.4, -0.2) is 48.3 Å². The van der Waals surface area contributed by atoms with Crippen LogP contribution in [-0.2, 0) is 9.53 Å². The summed E-state index contributed by atoms with van der Waals surface area (Å²) in [7, 11) is 0. The van der Waals surface area contributed by atoms with E-state index < -0.39 is 5.97 Å². The molecule has 0 aromatic carbocycles. The van der Waals surface area contributed by atoms with Gasteiger partial charge in [0.05, 0.1) is 19.3 Å². The second kappa shape index (κ2) is 5.64. The van der Waals surface area contributed by atoms with Crippen molar-refractivity contribution in [2.24, 2.45) is 5.41 Å². The SMILES string of the molecule is CCN(CC(=O)O)CC1CCC(C)(C)CO1. The lowest BCUT2D eigenvalue weighted by atomic mass is 9.85. The van der Waals surface area contributed by atoms with E-state index >= 15 is 0 Å². The molecule has 1 fully saturated rings. The Morgan fingerprint density at radius 2 is 2.25 bits per heavy atom. The first-order chi connectivity index (χ1) is 7.43. The molecule has 0 bridgehead atoms. The van der Waals surface area contributed by atoms with Crippen LogP contribution in [0.4, 0.5) is 0 Å². The monoisotopic (exact) mass is 229 g/mol. The summed E-state index contributed by atoms with van der Waals surface area (Å²) >= 11 is 0. The summed E-state index contributed by atoms with van der Waals surface area (Å²) in [5.74, 6) is -0.766. The zero-order valence-electron chi connectivity index (χ0n) is 10.5. The van der Waals surface area contributed by atoms with Crippen LogP contribution in [0.1, 0.15) is 33.6 Å². The number of hydrogen-bond acceptors (Lipinski definition) is 3. The lowest BCUT2D eigenvalue weighted by molar-refractivity contribution is -0.139. The third kappa shape index (κ3) is 4.49. The van der Waals surface area contributed by atoms with Crippen molar-refractivity contribution in [1.29, 1.82) is 0 Å². The maximum Gasteiger partial charge on any atom is 0.317 e. The van der Waals surface area contributed by atoms with E-state index in [0.717, 1.165) is 32.5 Å². The maximum absolute atomic E-state index is 10.6. The van der Waals surface area contributed by atoms with Gasteiger partial charge in [0.1, 0.15) is 0 Å². The highest BCUT2D eigenvalue weighted by atomic mass is 16.5. The van der Waals surface area contributed by atoms with Gasteiger partial charge in [0.15, 0.2) is 0 Å². The Kier molecular flexibility index (Phi) is 4.74. The minimum absolute atomic E-state index is 0.111. The number of ether oxygens (including phenoxy) is 1. The number of carbonyl (C=O) groups is 1. The summed E-state index contributed by atoms with van der Waals surface area (Å²) in [6.45, 7) is 8.78. The number of hydrogen-bond donors (Lipinski definition) is 1. The van der Waals surface area contributed by atoms with E-state index in [9.17, 15) is 4.79 Å². The predicted molar refractivity (Wildman–Crippen MR) is 62.5 cm³/mol. The predicted octanol–water partition coefficient (Wildman–Crippen LogP) is 1.60. The number of rotatable bonds is 5. The third-order valence-corrected chi connectivity index (χ3v) is 3.12. The molecule has 1 heterocycles. The molecule has 1 saturated heterocycles. The van der Waals surface area contributed by atoms with Crippen LogP contribution < -0.4 is 0 Å². The van der Waals surface area contributed by atoms with Crippen molar-refractivity contribution < 1.29 is 14.6 Å². The van der Waals surface area contributed by atoms with Gasteiger partial charge >= 0.3 is 5.97 Å². The zero-order chi connectivity index (χ0) is 12.2. The van der Waals surface area contributed by atoms with E-state index in [1.54, 1.807) is 0 Å². The smallest absolute Gasteiger partial charge is 0.317 e. The Hall–Kier alpha value is -0.610. The standard InChI is InChI=1S/C12H23NO3/c1-4-13(8-11(14)15)7-10-5-6-12(2,3)9-16-10/h10H,4-9H2,1-3H3,(H,14,15). The van der Waals surface area contributed by atoms with Gasteiger partial charge in [-0.25, -0.2) is 0 Å². The molecule has 0 radical (unpaired) electrons. The summed E-state index contributed by atoms with van der Waals surface area (Å²) in [6, 6.07) is 0. The Bertz CT molecular complexity index is 230. The van der Waals surface area contributed by atoms with Gasteiger partial charge in [0.25, 0.3) is 0 Å². The van der Waals surface area contributed by atoms with Crippen LogP contribution in [0.2, 0.25) is 0 Å². The van der Waals surface area contributed by atoms with E-state index in [0.29, 0.717) is 0 Å². The van der Waals surface area contributed by atoms with Crippen molar-refractivity contribution in [3.8, 4) is 0 Å². The topological polar surface area (TPSA) is 49.8 Å². The largest absolute Gasteiger partial charge is 0.480 e. The molecule has 1 aliphatic heterocycles. The van der Waals surface area contributed by atoms with Crippen LogP contribution in [0, 0.1) is 5.41 Å². The molecule has 16 heavy (non-hydrogen) atoms. The summed E-state index contributed by atoms with van der Waals surface area (Å²) in [4.78, 5) is 12.6. The second-order valence-electron chi connectivity index (χ2n) is 5.36. The highest BCUT2D eigenvalue weighted by molar-refractivity contribution is 5.69. The molecule has 1 atom stereocenters. The van der Waals surface area contributed by atoms with E-state index in [1.807, 2.05) is 11.8 Å². The normalized spacial score (nSPS) is 24.6. The molecule has 0 amide bonds. The Labute approximate surface area is 97.6 Å². The first kappa shape index (κ1) is 13.5. The molecule has 94 valence electrons. The molecule has 0 saturated carbocycles. The molecule has 0 spiro atoms. The van der Waals surface area contributed by atoms with Crippen LogP contribution in [0.15, 0.2) is 0 Å². The van der Waals surface area contributed by atoms with Gasteiger partial charge in [-0.1, -0.05) is 20.8 Å². The molecule has 1 rings (SSSR count). The summed E-state index contributed by atoms with van der Waals surface area (Å²) in [5, 5.41) is 8.75. The maximum atomic E-state index is 10.6. The van der Waals surface area contributed by atoms with Gasteiger partial charge in [-0.15, -0.1) is 0 Å². The van der Waals surface area contributed by atoms with Crippen molar-refractivity contribution in [3.63, 3.8) is 0 Å². The first-order valence-corrected chi connectivity index (χ1v) is 5.99. The lowest BCUT2D eigenvalue weighted by Crippen LogP contribution is -2.41. The minimum atomic E-state index is -0.766. The van der Waals surface area contributed by atoms with Crippen molar-refractivity contribution in [2.75, 3.05) is 26.2 Å². The molecule has 4 nitrogen and oxygen atoms in total. The number of carboxylic acids is 1. The van der Waals surface area contributed by atoms with Crippen LogP contribution >= 0.6 is 0 Å². The fraction of sp³-hybridized carbons (Fsp3) is 0.917. The van der Waals surface area contributed by atoms with Crippen molar-refractivity contribution in [2.45, 2.75) is 39.7 Å². The number of aliphatic carboxylic acids is 1. The molecule has 1 unspecified atom stereocenters. The van der Waals surface area contributed by atoms with Crippen LogP contribution in [0.25, 0.3) is 0 Å². The van der Waals surface area contributed by atoms with Gasteiger partial charge in [-0.2, -0.15) is 0 Å². The average molecular weight is 229 g/mol. The molecular formula is C12H23NO3. The quantitative estimate of drug-likeness (QED) is 0.778. The second-order valence-corrected chi connectivity index (χ2v) is 5.36. The fourth-order valence-corrected chi connectivity index (χ4v) is 1.98. The molecule has 0 aromatic rings. The van der Waals surface area contributed by atoms with E-state index in [2.05, 4.69) is 13.8 Å². The van der Waals surface area contributed by atoms with Crippen molar-refractivity contribution >= 4 is 5.97 Å². The van der Waals surface area contributed by atoms with Gasteiger partial charge in [0.2, 0.25) is 0 Å². The van der Waals surface area contributed by atoms with Gasteiger partial charge in [-0.05, 0) is 24.8 Å². The zero-order valence-corrected chi connectivity index (χ0v) is 10.5.